The number of hydrogen-bond donors (Lipinski definition) is 0. The lowest BCUT2D eigenvalue weighted by atomic mass is 9.98. The van der Waals surface area contributed by atoms with Crippen molar-refractivity contribution in [3.8, 4) is 0 Å². The number of rotatable bonds is 3. The van der Waals surface area contributed by atoms with Crippen LogP contribution in [-0.2, 0) is 0 Å². The molecule has 4 heterocycles. The van der Waals surface area contributed by atoms with Crippen molar-refractivity contribution in [1.29, 1.82) is 0 Å². The highest BCUT2D eigenvalue weighted by atomic mass is 35.5. The van der Waals surface area contributed by atoms with Crippen LogP contribution in [0.4, 0.5) is 5.82 Å². The third-order valence-electron chi connectivity index (χ3n) is 6.55. The molecule has 162 valence electrons. The van der Waals surface area contributed by atoms with Crippen LogP contribution >= 0.6 is 11.6 Å². The SMILES string of the molecule is Cc1ccc(C(=O)N2CCCCC2c2cc3nc(N4CCCC4)c(C)cn3n2)cc1Cl. The maximum atomic E-state index is 13.4. The summed E-state index contributed by atoms with van der Waals surface area (Å²) in [7, 11) is 0. The number of likely N-dealkylation sites (tertiary alicyclic amines) is 1. The minimum atomic E-state index is -0.0430. The summed E-state index contributed by atoms with van der Waals surface area (Å²) >= 11 is 6.29. The molecule has 1 aromatic carbocycles. The Balaban J connectivity index is 1.48. The van der Waals surface area contributed by atoms with Crippen molar-refractivity contribution in [2.45, 2.75) is 52.0 Å². The molecular formula is C24H28ClN5O. The van der Waals surface area contributed by atoms with Crippen LogP contribution in [0.2, 0.25) is 5.02 Å². The summed E-state index contributed by atoms with van der Waals surface area (Å²) < 4.78 is 1.87. The van der Waals surface area contributed by atoms with Gasteiger partial charge in [-0.05, 0) is 63.6 Å². The fraction of sp³-hybridized carbons (Fsp3) is 0.458. The zero-order valence-corrected chi connectivity index (χ0v) is 18.9. The van der Waals surface area contributed by atoms with Gasteiger partial charge in [0.05, 0.1) is 11.7 Å². The van der Waals surface area contributed by atoms with Gasteiger partial charge >= 0.3 is 0 Å². The number of carbonyl (C=O) groups excluding carboxylic acids is 1. The Labute approximate surface area is 187 Å². The smallest absolute Gasteiger partial charge is 0.254 e. The third-order valence-corrected chi connectivity index (χ3v) is 6.96. The maximum absolute atomic E-state index is 13.4. The maximum Gasteiger partial charge on any atom is 0.254 e. The molecule has 1 amide bonds. The predicted molar refractivity (Wildman–Crippen MR) is 123 cm³/mol. The Morgan fingerprint density at radius 2 is 1.81 bits per heavy atom. The third kappa shape index (κ3) is 3.78. The van der Waals surface area contributed by atoms with E-state index in [1.807, 2.05) is 28.5 Å². The molecule has 31 heavy (non-hydrogen) atoms. The van der Waals surface area contributed by atoms with Crippen LogP contribution in [0.5, 0.6) is 0 Å². The van der Waals surface area contributed by atoms with Crippen LogP contribution in [-0.4, -0.2) is 45.0 Å². The van der Waals surface area contributed by atoms with Gasteiger partial charge in [0, 0.05) is 48.0 Å². The number of aryl methyl sites for hydroxylation is 2. The molecule has 0 saturated carbocycles. The summed E-state index contributed by atoms with van der Waals surface area (Å²) in [4.78, 5) is 22.6. The Morgan fingerprint density at radius 1 is 1.03 bits per heavy atom. The average Bonchev–Trinajstić information content (AvgIpc) is 3.44. The van der Waals surface area contributed by atoms with E-state index in [1.165, 1.54) is 12.8 Å². The van der Waals surface area contributed by atoms with Crippen molar-refractivity contribution in [3.05, 3.63) is 57.9 Å². The van der Waals surface area contributed by atoms with E-state index in [0.29, 0.717) is 10.6 Å². The lowest BCUT2D eigenvalue weighted by Crippen LogP contribution is -2.38. The van der Waals surface area contributed by atoms with Gasteiger partial charge in [0.15, 0.2) is 5.65 Å². The first-order valence-corrected chi connectivity index (χ1v) is 11.6. The van der Waals surface area contributed by atoms with Crippen LogP contribution in [0.15, 0.2) is 30.5 Å². The van der Waals surface area contributed by atoms with Gasteiger partial charge in [-0.3, -0.25) is 4.79 Å². The van der Waals surface area contributed by atoms with E-state index in [0.717, 1.165) is 67.2 Å². The van der Waals surface area contributed by atoms with Crippen LogP contribution < -0.4 is 4.90 Å². The van der Waals surface area contributed by atoms with E-state index in [1.54, 1.807) is 6.07 Å². The molecule has 0 radical (unpaired) electrons. The van der Waals surface area contributed by atoms with E-state index >= 15 is 0 Å². The Hall–Kier alpha value is -2.60. The van der Waals surface area contributed by atoms with Crippen molar-refractivity contribution >= 4 is 29.0 Å². The molecule has 0 aliphatic carbocycles. The number of piperidine rings is 1. The van der Waals surface area contributed by atoms with Gasteiger partial charge in [-0.2, -0.15) is 5.10 Å². The molecule has 1 unspecified atom stereocenters. The van der Waals surface area contributed by atoms with E-state index < -0.39 is 0 Å². The molecule has 2 saturated heterocycles. The first kappa shape index (κ1) is 20.3. The van der Waals surface area contributed by atoms with Crippen LogP contribution in [0, 0.1) is 13.8 Å². The van der Waals surface area contributed by atoms with E-state index in [-0.39, 0.29) is 11.9 Å². The van der Waals surface area contributed by atoms with Gasteiger partial charge in [-0.1, -0.05) is 17.7 Å². The number of halogens is 1. The van der Waals surface area contributed by atoms with E-state index in [9.17, 15) is 4.79 Å². The average molecular weight is 438 g/mol. The number of hydrogen-bond acceptors (Lipinski definition) is 4. The van der Waals surface area contributed by atoms with E-state index in [2.05, 4.69) is 24.1 Å². The van der Waals surface area contributed by atoms with Crippen molar-refractivity contribution in [2.75, 3.05) is 24.5 Å². The van der Waals surface area contributed by atoms with Crippen molar-refractivity contribution < 1.29 is 4.79 Å². The Bertz CT molecular complexity index is 1130. The zero-order valence-electron chi connectivity index (χ0n) is 18.1. The Morgan fingerprint density at radius 3 is 2.58 bits per heavy atom. The number of fused-ring (bicyclic) bond motifs is 1. The zero-order chi connectivity index (χ0) is 21.5. The van der Waals surface area contributed by atoms with Gasteiger partial charge in [0.2, 0.25) is 0 Å². The second-order valence-electron chi connectivity index (χ2n) is 8.79. The molecule has 6 nitrogen and oxygen atoms in total. The summed E-state index contributed by atoms with van der Waals surface area (Å²) in [6, 6.07) is 7.57. The fourth-order valence-electron chi connectivity index (χ4n) is 4.80. The molecule has 2 aliphatic heterocycles. The van der Waals surface area contributed by atoms with Crippen LogP contribution in [0.3, 0.4) is 0 Å². The number of benzene rings is 1. The number of nitrogens with zero attached hydrogens (tertiary/aromatic N) is 5. The molecule has 1 atom stereocenters. The molecule has 2 aromatic heterocycles. The Kier molecular flexibility index (Phi) is 5.34. The monoisotopic (exact) mass is 437 g/mol. The number of aromatic nitrogens is 3. The van der Waals surface area contributed by atoms with Gasteiger partial charge in [0.25, 0.3) is 5.91 Å². The van der Waals surface area contributed by atoms with Gasteiger partial charge in [0.1, 0.15) is 5.82 Å². The first-order chi connectivity index (χ1) is 15.0. The first-order valence-electron chi connectivity index (χ1n) is 11.2. The van der Waals surface area contributed by atoms with Gasteiger partial charge in [-0.15, -0.1) is 0 Å². The topological polar surface area (TPSA) is 53.7 Å². The number of anilines is 1. The molecule has 7 heteroatoms. The number of amides is 1. The molecule has 2 aliphatic rings. The van der Waals surface area contributed by atoms with Crippen molar-refractivity contribution in [1.82, 2.24) is 19.5 Å². The second kappa shape index (κ2) is 8.15. The molecule has 2 fully saturated rings. The van der Waals surface area contributed by atoms with Crippen molar-refractivity contribution in [3.63, 3.8) is 0 Å². The lowest BCUT2D eigenvalue weighted by Gasteiger charge is -2.34. The summed E-state index contributed by atoms with van der Waals surface area (Å²) in [6.07, 6.45) is 7.51. The molecule has 5 rings (SSSR count). The summed E-state index contributed by atoms with van der Waals surface area (Å²) in [5.41, 5.74) is 4.51. The second-order valence-corrected chi connectivity index (χ2v) is 9.19. The molecule has 0 N–H and O–H groups in total. The molecule has 0 spiro atoms. The quantitative estimate of drug-likeness (QED) is 0.580. The lowest BCUT2D eigenvalue weighted by molar-refractivity contribution is 0.0605. The highest BCUT2D eigenvalue weighted by Gasteiger charge is 2.31. The highest BCUT2D eigenvalue weighted by molar-refractivity contribution is 6.31. The number of carbonyl (C=O) groups is 1. The van der Waals surface area contributed by atoms with Gasteiger partial charge < -0.3 is 9.80 Å². The highest BCUT2D eigenvalue weighted by Crippen LogP contribution is 2.33. The van der Waals surface area contributed by atoms with Crippen molar-refractivity contribution in [2.24, 2.45) is 0 Å². The van der Waals surface area contributed by atoms with Crippen LogP contribution in [0.1, 0.15) is 65.3 Å². The van der Waals surface area contributed by atoms with Crippen LogP contribution in [0.25, 0.3) is 5.65 Å². The minimum absolute atomic E-state index is 0.0190. The fourth-order valence-corrected chi connectivity index (χ4v) is 4.99. The minimum Gasteiger partial charge on any atom is -0.356 e. The summed E-state index contributed by atoms with van der Waals surface area (Å²) in [5.74, 6) is 1.08. The largest absolute Gasteiger partial charge is 0.356 e. The standard InChI is InChI=1S/C24H28ClN5O/c1-16-8-9-18(13-19(16)25)24(31)29-12-4-3-7-21(29)20-14-22-26-23(28-10-5-6-11-28)17(2)15-30(22)27-20/h8-9,13-15,21H,3-7,10-12H2,1-2H3. The van der Waals surface area contributed by atoms with Gasteiger partial charge in [-0.25, -0.2) is 9.50 Å². The summed E-state index contributed by atoms with van der Waals surface area (Å²) in [6.45, 7) is 6.90. The molecular weight excluding hydrogens is 410 g/mol. The summed E-state index contributed by atoms with van der Waals surface area (Å²) in [5, 5.41) is 5.46. The normalized spacial score (nSPS) is 19.4. The molecule has 3 aromatic rings. The van der Waals surface area contributed by atoms with E-state index in [4.69, 9.17) is 21.7 Å². The predicted octanol–water partition coefficient (Wildman–Crippen LogP) is 4.97. The molecule has 0 bridgehead atoms.